The Kier molecular flexibility index (Phi) is 7.07. The van der Waals surface area contributed by atoms with E-state index in [4.69, 9.17) is 4.74 Å². The largest absolute Gasteiger partial charge is 0.445 e. The van der Waals surface area contributed by atoms with Gasteiger partial charge in [0.15, 0.2) is 0 Å². The van der Waals surface area contributed by atoms with Crippen molar-refractivity contribution < 1.29 is 9.53 Å². The summed E-state index contributed by atoms with van der Waals surface area (Å²) in [7, 11) is 1.75. The third kappa shape index (κ3) is 6.20. The highest BCUT2D eigenvalue weighted by atomic mass is 16.6. The monoisotopic (exact) mass is 185 g/mol. The lowest BCUT2D eigenvalue weighted by Crippen LogP contribution is -2.28. The van der Waals surface area contributed by atoms with Crippen LogP contribution in [0.2, 0.25) is 0 Å². The summed E-state index contributed by atoms with van der Waals surface area (Å²) in [5.74, 6) is 0. The minimum atomic E-state index is -0.268. The van der Waals surface area contributed by atoms with Crippen LogP contribution in [0.4, 0.5) is 4.79 Å². The summed E-state index contributed by atoms with van der Waals surface area (Å²) in [6.45, 7) is 6.66. The van der Waals surface area contributed by atoms with E-state index in [9.17, 15) is 4.79 Å². The zero-order valence-corrected chi connectivity index (χ0v) is 8.58. The maximum absolute atomic E-state index is 11.2. The Balaban J connectivity index is 3.50. The maximum Gasteiger partial charge on any atom is 0.409 e. The molecule has 0 bridgehead atoms. The maximum atomic E-state index is 11.2. The minimum absolute atomic E-state index is 0.268. The Labute approximate surface area is 80.4 Å². The molecular weight excluding hydrogens is 166 g/mol. The van der Waals surface area contributed by atoms with Gasteiger partial charge in [0.1, 0.15) is 6.61 Å². The number of nitrogens with zero attached hydrogens (tertiary/aromatic N) is 1. The first kappa shape index (κ1) is 12.0. The van der Waals surface area contributed by atoms with Gasteiger partial charge in [0, 0.05) is 13.6 Å². The number of unbranched alkanes of at least 4 members (excludes halogenated alkanes) is 2. The molecule has 0 aromatic heterocycles. The van der Waals surface area contributed by atoms with Gasteiger partial charge in [-0.15, -0.1) is 0 Å². The summed E-state index contributed by atoms with van der Waals surface area (Å²) in [6.07, 6.45) is 4.65. The fraction of sp³-hybridized carbons (Fsp3) is 0.700. The van der Waals surface area contributed by atoms with Crippen LogP contribution in [0.1, 0.15) is 26.2 Å². The summed E-state index contributed by atoms with van der Waals surface area (Å²) in [5.41, 5.74) is 0. The van der Waals surface area contributed by atoms with Gasteiger partial charge >= 0.3 is 6.09 Å². The van der Waals surface area contributed by atoms with Gasteiger partial charge in [-0.2, -0.15) is 0 Å². The summed E-state index contributed by atoms with van der Waals surface area (Å²) in [5, 5.41) is 0. The molecular formula is C10H19NO2. The zero-order chi connectivity index (χ0) is 10.1. The summed E-state index contributed by atoms with van der Waals surface area (Å²) >= 11 is 0. The number of ether oxygens (including phenoxy) is 1. The average Bonchev–Trinajstić information content (AvgIpc) is 2.14. The van der Waals surface area contributed by atoms with Crippen LogP contribution >= 0.6 is 0 Å². The van der Waals surface area contributed by atoms with Crippen molar-refractivity contribution >= 4 is 6.09 Å². The van der Waals surface area contributed by atoms with E-state index in [1.807, 2.05) is 0 Å². The molecule has 0 fully saturated rings. The van der Waals surface area contributed by atoms with Crippen LogP contribution in [0, 0.1) is 0 Å². The van der Waals surface area contributed by atoms with E-state index in [1.165, 1.54) is 0 Å². The number of carbonyl (C=O) groups excluding carboxylic acids is 1. The molecule has 1 amide bonds. The molecule has 0 spiro atoms. The number of amides is 1. The van der Waals surface area contributed by atoms with Gasteiger partial charge in [-0.05, 0) is 6.42 Å². The highest BCUT2D eigenvalue weighted by Crippen LogP contribution is 1.98. The summed E-state index contributed by atoms with van der Waals surface area (Å²) in [6, 6.07) is 0. The Morgan fingerprint density at radius 3 is 2.77 bits per heavy atom. The molecule has 0 N–H and O–H groups in total. The third-order valence-electron chi connectivity index (χ3n) is 1.73. The van der Waals surface area contributed by atoms with Crippen LogP contribution in [0.15, 0.2) is 12.7 Å². The van der Waals surface area contributed by atoms with Crippen LogP contribution in [0.3, 0.4) is 0 Å². The Morgan fingerprint density at radius 2 is 2.23 bits per heavy atom. The van der Waals surface area contributed by atoms with Crippen LogP contribution in [-0.2, 0) is 4.74 Å². The standard InChI is InChI=1S/C10H19NO2/c1-4-6-7-8-11(3)10(12)13-9-5-2/h5H,2,4,6-9H2,1,3H3. The molecule has 0 aliphatic rings. The molecule has 0 aromatic rings. The van der Waals surface area contributed by atoms with Gasteiger partial charge in [-0.3, -0.25) is 0 Å². The Bertz CT molecular complexity index is 157. The topological polar surface area (TPSA) is 29.5 Å². The van der Waals surface area contributed by atoms with E-state index in [0.717, 1.165) is 25.8 Å². The van der Waals surface area contributed by atoms with Crippen LogP contribution < -0.4 is 0 Å². The third-order valence-corrected chi connectivity index (χ3v) is 1.73. The van der Waals surface area contributed by atoms with Crippen molar-refractivity contribution in [2.45, 2.75) is 26.2 Å². The van der Waals surface area contributed by atoms with E-state index in [1.54, 1.807) is 18.0 Å². The van der Waals surface area contributed by atoms with Gasteiger partial charge in [-0.1, -0.05) is 32.4 Å². The van der Waals surface area contributed by atoms with Crippen molar-refractivity contribution in [1.29, 1.82) is 0 Å². The fourth-order valence-corrected chi connectivity index (χ4v) is 0.931. The number of carbonyl (C=O) groups is 1. The quantitative estimate of drug-likeness (QED) is 0.470. The highest BCUT2D eigenvalue weighted by molar-refractivity contribution is 5.67. The first-order chi connectivity index (χ1) is 6.22. The first-order valence-corrected chi connectivity index (χ1v) is 4.71. The van der Waals surface area contributed by atoms with Gasteiger partial charge < -0.3 is 9.64 Å². The molecule has 0 unspecified atom stereocenters. The molecule has 76 valence electrons. The molecule has 0 aliphatic carbocycles. The van der Waals surface area contributed by atoms with E-state index in [-0.39, 0.29) is 12.7 Å². The second-order valence-electron chi connectivity index (χ2n) is 2.99. The van der Waals surface area contributed by atoms with E-state index in [2.05, 4.69) is 13.5 Å². The molecule has 0 saturated heterocycles. The molecule has 0 rings (SSSR count). The number of hydrogen-bond donors (Lipinski definition) is 0. The normalized spacial score (nSPS) is 9.38. The lowest BCUT2D eigenvalue weighted by Gasteiger charge is -2.15. The molecule has 0 saturated carbocycles. The molecule has 13 heavy (non-hydrogen) atoms. The molecule has 3 nitrogen and oxygen atoms in total. The number of hydrogen-bond acceptors (Lipinski definition) is 2. The highest BCUT2D eigenvalue weighted by Gasteiger charge is 2.07. The molecule has 0 aromatic carbocycles. The summed E-state index contributed by atoms with van der Waals surface area (Å²) in [4.78, 5) is 12.7. The zero-order valence-electron chi connectivity index (χ0n) is 8.58. The van der Waals surface area contributed by atoms with Crippen molar-refractivity contribution in [3.63, 3.8) is 0 Å². The van der Waals surface area contributed by atoms with Gasteiger partial charge in [0.2, 0.25) is 0 Å². The van der Waals surface area contributed by atoms with Crippen LogP contribution in [0.5, 0.6) is 0 Å². The van der Waals surface area contributed by atoms with E-state index < -0.39 is 0 Å². The lowest BCUT2D eigenvalue weighted by molar-refractivity contribution is 0.121. The molecule has 0 aliphatic heterocycles. The van der Waals surface area contributed by atoms with Gasteiger partial charge in [0.25, 0.3) is 0 Å². The lowest BCUT2D eigenvalue weighted by atomic mass is 10.2. The molecule has 0 radical (unpaired) electrons. The number of rotatable bonds is 6. The predicted octanol–water partition coefficient (Wildman–Crippen LogP) is 2.43. The van der Waals surface area contributed by atoms with E-state index >= 15 is 0 Å². The molecule has 0 heterocycles. The summed E-state index contributed by atoms with van der Waals surface area (Å²) < 4.78 is 4.85. The van der Waals surface area contributed by atoms with Crippen molar-refractivity contribution in [2.75, 3.05) is 20.2 Å². The Hall–Kier alpha value is -0.990. The second kappa shape index (κ2) is 7.65. The fourth-order valence-electron chi connectivity index (χ4n) is 0.931. The van der Waals surface area contributed by atoms with E-state index in [0.29, 0.717) is 0 Å². The van der Waals surface area contributed by atoms with Crippen LogP contribution in [-0.4, -0.2) is 31.2 Å². The van der Waals surface area contributed by atoms with Crippen molar-refractivity contribution in [3.05, 3.63) is 12.7 Å². The smallest absolute Gasteiger partial charge is 0.409 e. The average molecular weight is 185 g/mol. The molecule has 3 heteroatoms. The Morgan fingerprint density at radius 1 is 1.54 bits per heavy atom. The molecule has 0 atom stereocenters. The van der Waals surface area contributed by atoms with Crippen molar-refractivity contribution in [1.82, 2.24) is 4.90 Å². The van der Waals surface area contributed by atoms with Crippen molar-refractivity contribution in [3.8, 4) is 0 Å². The first-order valence-electron chi connectivity index (χ1n) is 4.71. The van der Waals surface area contributed by atoms with Gasteiger partial charge in [0.05, 0.1) is 0 Å². The van der Waals surface area contributed by atoms with Gasteiger partial charge in [-0.25, -0.2) is 4.79 Å². The van der Waals surface area contributed by atoms with Crippen LogP contribution in [0.25, 0.3) is 0 Å². The minimum Gasteiger partial charge on any atom is -0.445 e. The van der Waals surface area contributed by atoms with Crippen molar-refractivity contribution in [2.24, 2.45) is 0 Å². The predicted molar refractivity (Wildman–Crippen MR) is 53.7 cm³/mol. The second-order valence-corrected chi connectivity index (χ2v) is 2.99. The SMILES string of the molecule is C=CCOC(=O)N(C)CCCCC.